The van der Waals surface area contributed by atoms with Crippen LogP contribution < -0.4 is 9.64 Å². The molecule has 3 atom stereocenters. The van der Waals surface area contributed by atoms with Crippen LogP contribution in [0.5, 0.6) is 5.88 Å². The number of nitrogens with one attached hydrogen (secondary N) is 1. The van der Waals surface area contributed by atoms with Gasteiger partial charge in [0.05, 0.1) is 17.5 Å². The number of piperidine rings is 1. The first-order valence-electron chi connectivity index (χ1n) is 10.1. The van der Waals surface area contributed by atoms with Gasteiger partial charge in [-0.3, -0.25) is 4.90 Å². The number of aromatic amines is 1. The molecule has 0 amide bonds. The first-order chi connectivity index (χ1) is 13.4. The summed E-state index contributed by atoms with van der Waals surface area (Å²) in [6, 6.07) is 0. The van der Waals surface area contributed by atoms with Crippen molar-refractivity contribution < 1.29 is 14.2 Å². The highest BCUT2D eigenvalue weighted by molar-refractivity contribution is 5.77. The summed E-state index contributed by atoms with van der Waals surface area (Å²) in [4.78, 5) is 20.8. The fourth-order valence-electron chi connectivity index (χ4n) is 5.08. The van der Waals surface area contributed by atoms with Crippen LogP contribution in [-0.4, -0.2) is 80.0 Å². The number of halogens is 1. The van der Waals surface area contributed by atoms with Crippen molar-refractivity contribution >= 4 is 17.1 Å². The van der Waals surface area contributed by atoms with Crippen molar-refractivity contribution in [2.45, 2.75) is 56.3 Å². The van der Waals surface area contributed by atoms with E-state index in [0.717, 1.165) is 38.8 Å². The number of hydrogen-bond donors (Lipinski definition) is 2. The fourth-order valence-corrected chi connectivity index (χ4v) is 5.08. The lowest BCUT2D eigenvalue weighted by atomic mass is 9.95. The van der Waals surface area contributed by atoms with Gasteiger partial charge in [-0.1, -0.05) is 0 Å². The second-order valence-corrected chi connectivity index (χ2v) is 8.82. The molecule has 8 nitrogen and oxygen atoms in total. The molecule has 2 N–H and O–H groups in total. The topological polar surface area (TPSA) is 90.4 Å². The molecule has 0 bridgehead atoms. The van der Waals surface area contributed by atoms with E-state index in [-0.39, 0.29) is 5.54 Å². The van der Waals surface area contributed by atoms with Gasteiger partial charge in [0.1, 0.15) is 18.3 Å². The second kappa shape index (κ2) is 6.52. The minimum Gasteiger partial charge on any atom is -0.474 e. The summed E-state index contributed by atoms with van der Waals surface area (Å²) in [6.07, 6.45) is 4.98. The van der Waals surface area contributed by atoms with E-state index in [1.165, 1.54) is 0 Å². The molecule has 0 saturated carbocycles. The van der Waals surface area contributed by atoms with Crippen LogP contribution in [0.15, 0.2) is 6.33 Å². The lowest BCUT2D eigenvalue weighted by molar-refractivity contribution is 0.0444. The van der Waals surface area contributed by atoms with Crippen molar-refractivity contribution in [2.75, 3.05) is 37.7 Å². The summed E-state index contributed by atoms with van der Waals surface area (Å²) < 4.78 is 20.2. The Labute approximate surface area is 163 Å². The fraction of sp³-hybridized carbons (Fsp3) is 0.737. The molecule has 3 saturated heterocycles. The number of nitrogens with zero attached hydrogens (tertiary/aromatic N) is 5. The van der Waals surface area contributed by atoms with E-state index in [9.17, 15) is 9.50 Å². The first kappa shape index (κ1) is 18.1. The van der Waals surface area contributed by atoms with Gasteiger partial charge < -0.3 is 19.7 Å². The number of fused-ring (bicyclic) bond motifs is 2. The number of alkyl halides is 1. The second-order valence-electron chi connectivity index (χ2n) is 8.82. The number of aliphatic hydroxyl groups is 1. The third-order valence-corrected chi connectivity index (χ3v) is 6.44. The van der Waals surface area contributed by atoms with Gasteiger partial charge in [-0.2, -0.15) is 9.97 Å². The van der Waals surface area contributed by atoms with Gasteiger partial charge in [0.25, 0.3) is 0 Å². The Morgan fingerprint density at radius 3 is 3.04 bits per heavy atom. The van der Waals surface area contributed by atoms with E-state index in [0.29, 0.717) is 49.1 Å². The van der Waals surface area contributed by atoms with Crippen LogP contribution >= 0.6 is 0 Å². The molecule has 3 aliphatic rings. The summed E-state index contributed by atoms with van der Waals surface area (Å²) >= 11 is 0. The number of aromatic nitrogens is 4. The molecule has 152 valence electrons. The number of imidazole rings is 1. The Kier molecular flexibility index (Phi) is 4.20. The van der Waals surface area contributed by atoms with Crippen molar-refractivity contribution in [2.24, 2.45) is 0 Å². The number of ether oxygens (including phenoxy) is 1. The maximum atomic E-state index is 14.0. The Morgan fingerprint density at radius 1 is 1.32 bits per heavy atom. The highest BCUT2D eigenvalue weighted by atomic mass is 19.1. The van der Waals surface area contributed by atoms with Crippen LogP contribution in [0, 0.1) is 0 Å². The smallest absolute Gasteiger partial charge is 0.245 e. The quantitative estimate of drug-likeness (QED) is 0.820. The maximum absolute atomic E-state index is 14.0. The van der Waals surface area contributed by atoms with Gasteiger partial charge in [-0.15, -0.1) is 0 Å². The van der Waals surface area contributed by atoms with Crippen LogP contribution in [0.2, 0.25) is 0 Å². The van der Waals surface area contributed by atoms with Gasteiger partial charge in [0.15, 0.2) is 5.65 Å². The molecule has 0 aliphatic carbocycles. The van der Waals surface area contributed by atoms with Crippen LogP contribution in [0.3, 0.4) is 0 Å². The van der Waals surface area contributed by atoms with Gasteiger partial charge in [-0.25, -0.2) is 9.37 Å². The monoisotopic (exact) mass is 390 g/mol. The number of H-pyrrole nitrogens is 1. The summed E-state index contributed by atoms with van der Waals surface area (Å²) in [5.41, 5.74) is 0.210. The Hall–Kier alpha value is -2.00. The molecular weight excluding hydrogens is 363 g/mol. The molecule has 3 fully saturated rings. The number of anilines is 1. The van der Waals surface area contributed by atoms with Gasteiger partial charge in [-0.05, 0) is 39.2 Å². The SMILES string of the molecule is C[C@]1(O)CCCN(c2nc(OC[C@@]34CCCN3C[C@H](F)C4)c3[nH]cnc3n2)C1. The zero-order chi connectivity index (χ0) is 19.4. The van der Waals surface area contributed by atoms with Gasteiger partial charge in [0, 0.05) is 26.1 Å². The molecule has 0 spiro atoms. The molecule has 28 heavy (non-hydrogen) atoms. The van der Waals surface area contributed by atoms with Crippen LogP contribution in [-0.2, 0) is 0 Å². The van der Waals surface area contributed by atoms with Crippen molar-refractivity contribution in [3.8, 4) is 5.88 Å². The molecule has 5 heterocycles. The highest BCUT2D eigenvalue weighted by Crippen LogP contribution is 2.40. The molecule has 0 unspecified atom stereocenters. The van der Waals surface area contributed by atoms with E-state index >= 15 is 0 Å². The zero-order valence-electron chi connectivity index (χ0n) is 16.2. The number of β-amino-alcohol motifs (C(OH)–C–C–N with tert-alkyl or cyclic N) is 1. The van der Waals surface area contributed by atoms with Crippen LogP contribution in [0.25, 0.3) is 11.2 Å². The Balaban J connectivity index is 1.42. The van der Waals surface area contributed by atoms with Crippen molar-refractivity contribution in [3.63, 3.8) is 0 Å². The van der Waals surface area contributed by atoms with E-state index in [1.807, 2.05) is 11.8 Å². The van der Waals surface area contributed by atoms with E-state index in [4.69, 9.17) is 4.74 Å². The Morgan fingerprint density at radius 2 is 2.18 bits per heavy atom. The standard InChI is InChI=1S/C19H27FN6O2/c1-18(27)4-2-6-25(10-18)17-23-15-14(21-12-22-15)16(24-17)28-11-19-5-3-7-26(19)9-13(20)8-19/h12-13,27H,2-11H2,1H3,(H,21,22,23,24)/t13-,18+,19+/m1/s1. The average molecular weight is 390 g/mol. The summed E-state index contributed by atoms with van der Waals surface area (Å²) in [7, 11) is 0. The maximum Gasteiger partial charge on any atom is 0.245 e. The van der Waals surface area contributed by atoms with Crippen LogP contribution in [0.1, 0.15) is 39.0 Å². The molecule has 3 aliphatic heterocycles. The molecule has 9 heteroatoms. The van der Waals surface area contributed by atoms with Crippen molar-refractivity contribution in [1.29, 1.82) is 0 Å². The largest absolute Gasteiger partial charge is 0.474 e. The van der Waals surface area contributed by atoms with E-state index < -0.39 is 11.8 Å². The summed E-state index contributed by atoms with van der Waals surface area (Å²) in [6.45, 7) is 4.94. The third-order valence-electron chi connectivity index (χ3n) is 6.44. The minimum atomic E-state index is -0.785. The molecule has 0 radical (unpaired) electrons. The zero-order valence-corrected chi connectivity index (χ0v) is 16.2. The van der Waals surface area contributed by atoms with Crippen molar-refractivity contribution in [1.82, 2.24) is 24.8 Å². The normalized spacial score (nSPS) is 33.5. The summed E-state index contributed by atoms with van der Waals surface area (Å²) in [5, 5.41) is 10.4. The third kappa shape index (κ3) is 3.10. The lowest BCUT2D eigenvalue weighted by Gasteiger charge is -2.36. The molecule has 5 rings (SSSR count). The molecule has 0 aromatic carbocycles. The number of hydrogen-bond acceptors (Lipinski definition) is 7. The van der Waals surface area contributed by atoms with Crippen LogP contribution in [0.4, 0.5) is 10.3 Å². The highest BCUT2D eigenvalue weighted by Gasteiger charge is 2.49. The van der Waals surface area contributed by atoms with E-state index in [1.54, 1.807) is 6.33 Å². The minimum absolute atomic E-state index is 0.230. The first-order valence-corrected chi connectivity index (χ1v) is 10.1. The predicted octanol–water partition coefficient (Wildman–Crippen LogP) is 1.66. The van der Waals surface area contributed by atoms with Gasteiger partial charge in [0.2, 0.25) is 11.8 Å². The average Bonchev–Trinajstić information content (AvgIpc) is 3.32. The molecular formula is C19H27FN6O2. The summed E-state index contributed by atoms with van der Waals surface area (Å²) in [5.74, 6) is 0.969. The predicted molar refractivity (Wildman–Crippen MR) is 102 cm³/mol. The molecule has 2 aromatic heterocycles. The number of rotatable bonds is 4. The van der Waals surface area contributed by atoms with Crippen molar-refractivity contribution in [3.05, 3.63) is 6.33 Å². The van der Waals surface area contributed by atoms with Gasteiger partial charge >= 0.3 is 0 Å². The molecule has 2 aromatic rings. The lowest BCUT2D eigenvalue weighted by Crippen LogP contribution is -2.47. The Bertz CT molecular complexity index is 873. The van der Waals surface area contributed by atoms with E-state index in [2.05, 4.69) is 24.8 Å².